The fourth-order valence-electron chi connectivity index (χ4n) is 1.25. The van der Waals surface area contributed by atoms with Gasteiger partial charge in [0.1, 0.15) is 6.10 Å². The maximum absolute atomic E-state index is 11.9. The van der Waals surface area contributed by atoms with Crippen molar-refractivity contribution in [3.8, 4) is 0 Å². The van der Waals surface area contributed by atoms with Gasteiger partial charge in [0.2, 0.25) is 0 Å². The fraction of sp³-hybridized carbons (Fsp3) is 1.00. The van der Waals surface area contributed by atoms with Gasteiger partial charge in [-0.3, -0.25) is 0 Å². The van der Waals surface area contributed by atoms with Gasteiger partial charge in [-0.2, -0.15) is 13.2 Å². The van der Waals surface area contributed by atoms with Crippen molar-refractivity contribution in [1.29, 1.82) is 0 Å². The Bertz CT molecular complexity index is 167. The summed E-state index contributed by atoms with van der Waals surface area (Å²) < 4.78 is 45.7. The third kappa shape index (κ3) is 7.90. The summed E-state index contributed by atoms with van der Waals surface area (Å²) in [4.78, 5) is 0. The number of hydrogen-bond donors (Lipinski definition) is 1. The number of ether oxygens (including phenoxy) is 2. The van der Waals surface area contributed by atoms with Crippen molar-refractivity contribution < 1.29 is 27.8 Å². The largest absolute Gasteiger partial charge is 0.389 e. The van der Waals surface area contributed by atoms with Crippen molar-refractivity contribution in [1.82, 2.24) is 0 Å². The van der Waals surface area contributed by atoms with Crippen molar-refractivity contribution in [2.45, 2.75) is 51.7 Å². The van der Waals surface area contributed by atoms with E-state index >= 15 is 0 Å². The monoisotopic (exact) mass is 244 g/mol. The van der Waals surface area contributed by atoms with E-state index in [2.05, 4.69) is 0 Å². The molecule has 0 rings (SSSR count). The summed E-state index contributed by atoms with van der Waals surface area (Å²) >= 11 is 0. The maximum atomic E-state index is 11.9. The molecule has 0 aromatic heterocycles. The second kappa shape index (κ2) is 7.86. The van der Waals surface area contributed by atoms with Crippen LogP contribution in [0.15, 0.2) is 0 Å². The quantitative estimate of drug-likeness (QED) is 0.667. The fourth-order valence-corrected chi connectivity index (χ4v) is 1.25. The first kappa shape index (κ1) is 15.7. The van der Waals surface area contributed by atoms with Crippen molar-refractivity contribution in [2.24, 2.45) is 0 Å². The van der Waals surface area contributed by atoms with E-state index in [0.29, 0.717) is 13.2 Å². The molecule has 0 aliphatic heterocycles. The summed E-state index contributed by atoms with van der Waals surface area (Å²) in [5.74, 6) is 0. The summed E-state index contributed by atoms with van der Waals surface area (Å²) in [7, 11) is 0. The van der Waals surface area contributed by atoms with Gasteiger partial charge in [-0.1, -0.05) is 0 Å². The van der Waals surface area contributed by atoms with Gasteiger partial charge in [0.15, 0.2) is 6.29 Å². The minimum Gasteiger partial charge on any atom is -0.388 e. The predicted octanol–water partition coefficient (Wildman–Crippen LogP) is 2.48. The average molecular weight is 244 g/mol. The van der Waals surface area contributed by atoms with Gasteiger partial charge >= 0.3 is 6.18 Å². The highest BCUT2D eigenvalue weighted by molar-refractivity contribution is 4.62. The van der Waals surface area contributed by atoms with E-state index in [9.17, 15) is 18.3 Å². The normalized spacial score (nSPS) is 14.4. The van der Waals surface area contributed by atoms with Crippen LogP contribution < -0.4 is 0 Å². The molecule has 0 heterocycles. The SMILES string of the molecule is CCOC(OCC)C(O)CCCC(F)(F)F. The third-order valence-electron chi connectivity index (χ3n) is 1.94. The molecule has 0 spiro atoms. The average Bonchev–Trinajstić information content (AvgIpc) is 2.15. The van der Waals surface area contributed by atoms with Crippen LogP contribution in [-0.4, -0.2) is 36.9 Å². The van der Waals surface area contributed by atoms with Crippen LogP contribution in [0.25, 0.3) is 0 Å². The number of halogens is 3. The molecule has 0 aromatic rings. The smallest absolute Gasteiger partial charge is 0.388 e. The molecule has 0 amide bonds. The Kier molecular flexibility index (Phi) is 7.70. The zero-order chi connectivity index (χ0) is 12.6. The van der Waals surface area contributed by atoms with Crippen LogP contribution in [0, 0.1) is 0 Å². The number of aliphatic hydroxyl groups excluding tert-OH is 1. The first-order chi connectivity index (χ1) is 7.40. The highest BCUT2D eigenvalue weighted by Crippen LogP contribution is 2.23. The summed E-state index contributed by atoms with van der Waals surface area (Å²) in [5, 5.41) is 9.55. The molecule has 6 heteroatoms. The molecule has 1 atom stereocenters. The summed E-state index contributed by atoms with van der Waals surface area (Å²) in [6, 6.07) is 0. The topological polar surface area (TPSA) is 38.7 Å². The van der Waals surface area contributed by atoms with Gasteiger partial charge in [-0.15, -0.1) is 0 Å². The molecule has 0 radical (unpaired) electrons. The van der Waals surface area contributed by atoms with E-state index in [1.165, 1.54) is 0 Å². The van der Waals surface area contributed by atoms with Crippen LogP contribution in [-0.2, 0) is 9.47 Å². The van der Waals surface area contributed by atoms with Crippen LogP contribution in [0.3, 0.4) is 0 Å². The van der Waals surface area contributed by atoms with Crippen molar-refractivity contribution in [3.63, 3.8) is 0 Å². The Morgan fingerprint density at radius 1 is 1.12 bits per heavy atom. The number of alkyl halides is 3. The van der Waals surface area contributed by atoms with Crippen molar-refractivity contribution in [2.75, 3.05) is 13.2 Å². The minimum absolute atomic E-state index is 0.0180. The van der Waals surface area contributed by atoms with Crippen LogP contribution in [0.4, 0.5) is 13.2 Å². The van der Waals surface area contributed by atoms with E-state index in [-0.39, 0.29) is 12.8 Å². The second-order valence-corrected chi connectivity index (χ2v) is 3.35. The molecule has 0 saturated carbocycles. The van der Waals surface area contributed by atoms with Crippen LogP contribution >= 0.6 is 0 Å². The lowest BCUT2D eigenvalue weighted by Crippen LogP contribution is -2.32. The molecule has 0 aliphatic carbocycles. The van der Waals surface area contributed by atoms with E-state index in [4.69, 9.17) is 9.47 Å². The lowest BCUT2D eigenvalue weighted by molar-refractivity contribution is -0.193. The summed E-state index contributed by atoms with van der Waals surface area (Å²) in [6.45, 7) is 4.16. The van der Waals surface area contributed by atoms with Crippen molar-refractivity contribution in [3.05, 3.63) is 0 Å². The highest BCUT2D eigenvalue weighted by atomic mass is 19.4. The van der Waals surface area contributed by atoms with Crippen LogP contribution in [0.1, 0.15) is 33.1 Å². The molecule has 0 saturated heterocycles. The lowest BCUT2D eigenvalue weighted by Gasteiger charge is -2.22. The molecule has 16 heavy (non-hydrogen) atoms. The van der Waals surface area contributed by atoms with E-state index in [1.54, 1.807) is 13.8 Å². The maximum Gasteiger partial charge on any atom is 0.389 e. The zero-order valence-corrected chi connectivity index (χ0v) is 9.59. The Morgan fingerprint density at radius 3 is 2.00 bits per heavy atom. The van der Waals surface area contributed by atoms with Crippen LogP contribution in [0.2, 0.25) is 0 Å². The molecule has 3 nitrogen and oxygen atoms in total. The van der Waals surface area contributed by atoms with E-state index in [0.717, 1.165) is 0 Å². The Hall–Kier alpha value is -0.330. The molecule has 0 fully saturated rings. The summed E-state index contributed by atoms with van der Waals surface area (Å²) in [5.41, 5.74) is 0. The van der Waals surface area contributed by atoms with Crippen molar-refractivity contribution >= 4 is 0 Å². The first-order valence-corrected chi connectivity index (χ1v) is 5.38. The predicted molar refractivity (Wildman–Crippen MR) is 53.0 cm³/mol. The highest BCUT2D eigenvalue weighted by Gasteiger charge is 2.28. The zero-order valence-electron chi connectivity index (χ0n) is 9.59. The third-order valence-corrected chi connectivity index (χ3v) is 1.94. The number of aliphatic hydroxyl groups is 1. The van der Waals surface area contributed by atoms with Gasteiger partial charge in [-0.05, 0) is 26.7 Å². The van der Waals surface area contributed by atoms with Gasteiger partial charge in [-0.25, -0.2) is 0 Å². The number of rotatable bonds is 8. The molecule has 0 aromatic carbocycles. The molecule has 1 unspecified atom stereocenters. The molecule has 1 N–H and O–H groups in total. The van der Waals surface area contributed by atoms with E-state index in [1.807, 2.05) is 0 Å². The standard InChI is InChI=1S/C10H19F3O3/c1-3-15-9(16-4-2)8(14)6-5-7-10(11,12)13/h8-9,14H,3-7H2,1-2H3. The number of hydrogen-bond acceptors (Lipinski definition) is 3. The lowest BCUT2D eigenvalue weighted by atomic mass is 10.1. The van der Waals surface area contributed by atoms with Gasteiger partial charge in [0, 0.05) is 19.6 Å². The molecule has 98 valence electrons. The van der Waals surface area contributed by atoms with Gasteiger partial charge in [0.05, 0.1) is 0 Å². The Balaban J connectivity index is 3.86. The summed E-state index contributed by atoms with van der Waals surface area (Å²) in [6.07, 6.45) is -7.02. The first-order valence-electron chi connectivity index (χ1n) is 5.38. The minimum atomic E-state index is -4.17. The molecule has 0 aliphatic rings. The van der Waals surface area contributed by atoms with Gasteiger partial charge < -0.3 is 14.6 Å². The van der Waals surface area contributed by atoms with Gasteiger partial charge in [0.25, 0.3) is 0 Å². The molecular weight excluding hydrogens is 225 g/mol. The Morgan fingerprint density at radius 2 is 1.62 bits per heavy atom. The Labute approximate surface area is 93.5 Å². The second-order valence-electron chi connectivity index (χ2n) is 3.35. The molecule has 0 bridgehead atoms. The van der Waals surface area contributed by atoms with Crippen LogP contribution in [0.5, 0.6) is 0 Å². The van der Waals surface area contributed by atoms with E-state index < -0.39 is 25.0 Å². The molecular formula is C10H19F3O3.